The van der Waals surface area contributed by atoms with Crippen molar-refractivity contribution in [3.8, 4) is 61.3 Å². The first kappa shape index (κ1) is 41.7. The van der Waals surface area contributed by atoms with Crippen molar-refractivity contribution in [2.75, 3.05) is 4.90 Å². The molecule has 71 heavy (non-hydrogen) atoms. The van der Waals surface area contributed by atoms with Crippen molar-refractivity contribution >= 4 is 38.9 Å². The van der Waals surface area contributed by atoms with E-state index >= 15 is 0 Å². The van der Waals surface area contributed by atoms with Gasteiger partial charge in [-0.2, -0.15) is 0 Å². The lowest BCUT2D eigenvalue weighted by Crippen LogP contribution is -2.16. The molecule has 3 aliphatic carbocycles. The van der Waals surface area contributed by atoms with Gasteiger partial charge in [0.15, 0.2) is 0 Å². The number of anilines is 3. The summed E-state index contributed by atoms with van der Waals surface area (Å²) in [4.78, 5) is 2.45. The molecular weight excluding hydrogens is 857 g/mol. The molecule has 340 valence electrons. The van der Waals surface area contributed by atoms with Gasteiger partial charge < -0.3 is 9.47 Å². The van der Waals surface area contributed by atoms with Crippen LogP contribution in [-0.4, -0.2) is 4.57 Å². The van der Waals surface area contributed by atoms with Crippen LogP contribution in [0.1, 0.15) is 74.9 Å². The van der Waals surface area contributed by atoms with E-state index < -0.39 is 0 Å². The molecule has 0 saturated carbocycles. The zero-order valence-corrected chi connectivity index (χ0v) is 41.2. The van der Waals surface area contributed by atoms with E-state index in [1.54, 1.807) is 0 Å². The predicted octanol–water partition coefficient (Wildman–Crippen LogP) is 18.5. The summed E-state index contributed by atoms with van der Waals surface area (Å²) < 4.78 is 2.52. The van der Waals surface area contributed by atoms with E-state index in [0.29, 0.717) is 0 Å². The molecule has 0 bridgehead atoms. The summed E-state index contributed by atoms with van der Waals surface area (Å²) >= 11 is 0. The van der Waals surface area contributed by atoms with Crippen molar-refractivity contribution in [1.29, 1.82) is 0 Å². The number of hydrogen-bond acceptors (Lipinski definition) is 1. The maximum atomic E-state index is 2.52. The molecule has 0 saturated heterocycles. The van der Waals surface area contributed by atoms with Crippen molar-refractivity contribution in [3.63, 3.8) is 0 Å². The second kappa shape index (κ2) is 14.9. The average molecular weight is 911 g/mol. The van der Waals surface area contributed by atoms with Crippen molar-refractivity contribution in [2.24, 2.45) is 0 Å². The van der Waals surface area contributed by atoms with Gasteiger partial charge in [-0.15, -0.1) is 0 Å². The molecule has 14 rings (SSSR count). The third-order valence-corrected chi connectivity index (χ3v) is 16.8. The lowest BCUT2D eigenvalue weighted by atomic mass is 9.79. The van der Waals surface area contributed by atoms with Crippen LogP contribution in [0, 0.1) is 0 Å². The lowest BCUT2D eigenvalue weighted by Gasteiger charge is -2.29. The third-order valence-electron chi connectivity index (χ3n) is 16.8. The van der Waals surface area contributed by atoms with E-state index in [0.717, 1.165) is 17.1 Å². The maximum Gasteiger partial charge on any atom is 0.0549 e. The summed E-state index contributed by atoms with van der Waals surface area (Å²) in [6.45, 7) is 14.3. The highest BCUT2D eigenvalue weighted by molar-refractivity contribution is 6.10. The Morgan fingerprint density at radius 2 is 0.775 bits per heavy atom. The van der Waals surface area contributed by atoms with Crippen LogP contribution >= 0.6 is 0 Å². The van der Waals surface area contributed by atoms with E-state index in [2.05, 4.69) is 269 Å². The molecule has 0 amide bonds. The van der Waals surface area contributed by atoms with Gasteiger partial charge in [-0.1, -0.05) is 199 Å². The molecule has 2 heteroatoms. The lowest BCUT2D eigenvalue weighted by molar-refractivity contribution is 0.660. The van der Waals surface area contributed by atoms with Crippen LogP contribution in [0.5, 0.6) is 0 Å². The van der Waals surface area contributed by atoms with Crippen molar-refractivity contribution in [3.05, 3.63) is 252 Å². The van der Waals surface area contributed by atoms with Gasteiger partial charge in [0.2, 0.25) is 0 Å². The Hall–Kier alpha value is -8.20. The molecule has 10 aromatic carbocycles. The second-order valence-electron chi connectivity index (χ2n) is 21.7. The van der Waals surface area contributed by atoms with Gasteiger partial charge in [0.25, 0.3) is 0 Å². The highest BCUT2D eigenvalue weighted by Gasteiger charge is 2.40. The van der Waals surface area contributed by atoms with Crippen LogP contribution < -0.4 is 4.90 Å². The van der Waals surface area contributed by atoms with Crippen LogP contribution in [-0.2, 0) is 16.2 Å². The minimum Gasteiger partial charge on any atom is -0.310 e. The zero-order chi connectivity index (χ0) is 48.0. The van der Waals surface area contributed by atoms with E-state index in [1.165, 1.54) is 117 Å². The molecule has 0 unspecified atom stereocenters. The summed E-state index contributed by atoms with van der Waals surface area (Å²) in [5, 5.41) is 2.54. The van der Waals surface area contributed by atoms with Gasteiger partial charge in [0.05, 0.1) is 16.7 Å². The van der Waals surface area contributed by atoms with E-state index in [9.17, 15) is 0 Å². The molecule has 0 N–H and O–H groups in total. The summed E-state index contributed by atoms with van der Waals surface area (Å²) in [7, 11) is 0. The topological polar surface area (TPSA) is 8.17 Å². The molecular formula is C69H54N2. The van der Waals surface area contributed by atoms with Crippen LogP contribution in [0.4, 0.5) is 17.1 Å². The Bertz CT molecular complexity index is 3950. The van der Waals surface area contributed by atoms with Gasteiger partial charge in [-0.3, -0.25) is 0 Å². The summed E-state index contributed by atoms with van der Waals surface area (Å²) in [5.41, 5.74) is 27.8. The molecule has 0 aliphatic heterocycles. The highest BCUT2D eigenvalue weighted by atomic mass is 15.1. The van der Waals surface area contributed by atoms with Gasteiger partial charge >= 0.3 is 0 Å². The number of fused-ring (bicyclic) bond motifs is 12. The number of benzene rings is 10. The Morgan fingerprint density at radius 1 is 0.310 bits per heavy atom. The number of para-hydroxylation sites is 2. The summed E-state index contributed by atoms with van der Waals surface area (Å²) in [6, 6.07) is 82.2. The standard InChI is InChI=1S/C69H54N2/c1-67(2)57-25-12-7-18-50(57)52-39-38-48(42-60(52)67)70(47-36-32-44(33-37-47)49-23-17-24-55-51-19-8-13-26-58(51)69(5,6)66(49)55)46-34-30-43(31-35-46)45-40-61-65(56-22-9-14-27-59(56)68(61,3)4)64(41-45)71-62-28-15-10-20-53(62)54-21-11-16-29-63(54)71/h7-42H,1-6H3. The monoisotopic (exact) mass is 910 g/mol. The largest absolute Gasteiger partial charge is 0.310 e. The number of aromatic nitrogens is 1. The SMILES string of the molecule is CC1(C)c2ccccc2-c2ccc(N(c3ccc(-c4cc(-n5c6ccccc6c6ccccc65)c5c(c4)C(C)(C)c4ccccc4-5)cc3)c3ccc(-c4cccc5c4C(C)(C)c4ccccc4-5)cc3)cc21. The molecule has 2 nitrogen and oxygen atoms in total. The minimum atomic E-state index is -0.182. The fraction of sp³-hybridized carbons (Fsp3) is 0.130. The van der Waals surface area contributed by atoms with Crippen LogP contribution in [0.2, 0.25) is 0 Å². The minimum absolute atomic E-state index is 0.105. The van der Waals surface area contributed by atoms with Gasteiger partial charge in [-0.25, -0.2) is 0 Å². The summed E-state index contributed by atoms with van der Waals surface area (Å²) in [6.07, 6.45) is 0. The number of nitrogens with zero attached hydrogens (tertiary/aromatic N) is 2. The Labute approximate surface area is 417 Å². The molecule has 11 aromatic rings. The van der Waals surface area contributed by atoms with Crippen molar-refractivity contribution < 1.29 is 0 Å². The van der Waals surface area contributed by atoms with Crippen LogP contribution in [0.25, 0.3) is 83.1 Å². The molecule has 0 atom stereocenters. The zero-order valence-electron chi connectivity index (χ0n) is 41.2. The van der Waals surface area contributed by atoms with Crippen LogP contribution in [0.3, 0.4) is 0 Å². The van der Waals surface area contributed by atoms with Crippen molar-refractivity contribution in [1.82, 2.24) is 4.57 Å². The molecule has 0 spiro atoms. The predicted molar refractivity (Wildman–Crippen MR) is 299 cm³/mol. The second-order valence-corrected chi connectivity index (χ2v) is 21.7. The smallest absolute Gasteiger partial charge is 0.0549 e. The Morgan fingerprint density at radius 3 is 1.42 bits per heavy atom. The van der Waals surface area contributed by atoms with Gasteiger partial charge in [0.1, 0.15) is 0 Å². The number of rotatable bonds is 6. The first-order valence-corrected chi connectivity index (χ1v) is 25.3. The van der Waals surface area contributed by atoms with E-state index in [4.69, 9.17) is 0 Å². The van der Waals surface area contributed by atoms with Crippen molar-refractivity contribution in [2.45, 2.75) is 57.8 Å². The number of hydrogen-bond donors (Lipinski definition) is 0. The first-order valence-electron chi connectivity index (χ1n) is 25.3. The molecule has 1 aromatic heterocycles. The quantitative estimate of drug-likeness (QED) is 0.161. The Balaban J connectivity index is 0.919. The van der Waals surface area contributed by atoms with E-state index in [-0.39, 0.29) is 16.2 Å². The Kier molecular flexibility index (Phi) is 8.76. The highest BCUT2D eigenvalue weighted by Crippen LogP contribution is 2.55. The van der Waals surface area contributed by atoms with E-state index in [1.807, 2.05) is 0 Å². The van der Waals surface area contributed by atoms with Crippen LogP contribution in [0.15, 0.2) is 218 Å². The molecule has 3 aliphatic rings. The molecule has 0 fully saturated rings. The normalized spacial score (nSPS) is 15.0. The molecule has 1 heterocycles. The summed E-state index contributed by atoms with van der Waals surface area (Å²) in [5.74, 6) is 0. The van der Waals surface area contributed by atoms with Gasteiger partial charge in [0, 0.05) is 49.6 Å². The fourth-order valence-corrected chi connectivity index (χ4v) is 13.3. The fourth-order valence-electron chi connectivity index (χ4n) is 13.3. The maximum absolute atomic E-state index is 2.52. The third kappa shape index (κ3) is 5.88. The molecule has 0 radical (unpaired) electrons. The van der Waals surface area contributed by atoms with Gasteiger partial charge in [-0.05, 0) is 144 Å². The first-order chi connectivity index (χ1) is 34.5. The average Bonchev–Trinajstić information content (AvgIpc) is 4.03.